The Morgan fingerprint density at radius 3 is 2.23 bits per heavy atom. The Labute approximate surface area is 131 Å². The fourth-order valence-corrected chi connectivity index (χ4v) is 2.71. The lowest BCUT2D eigenvalue weighted by molar-refractivity contribution is -0.165. The molecule has 22 heavy (non-hydrogen) atoms. The molecule has 0 fully saturated rings. The van der Waals surface area contributed by atoms with Gasteiger partial charge in [-0.3, -0.25) is 4.79 Å². The molecule has 1 aliphatic rings. The molecule has 2 atom stereocenters. The van der Waals surface area contributed by atoms with E-state index in [0.717, 1.165) is 5.56 Å². The highest BCUT2D eigenvalue weighted by molar-refractivity contribution is 5.97. The molecule has 0 amide bonds. The van der Waals surface area contributed by atoms with E-state index in [1.165, 1.54) is 6.92 Å². The molecule has 0 spiro atoms. The van der Waals surface area contributed by atoms with Crippen molar-refractivity contribution in [3.05, 3.63) is 47.2 Å². The van der Waals surface area contributed by atoms with Crippen molar-refractivity contribution in [1.29, 1.82) is 0 Å². The van der Waals surface area contributed by atoms with Crippen LogP contribution in [0.4, 0.5) is 0 Å². The summed E-state index contributed by atoms with van der Waals surface area (Å²) < 4.78 is 11.1. The van der Waals surface area contributed by atoms with Gasteiger partial charge in [-0.15, -0.1) is 0 Å². The zero-order chi connectivity index (χ0) is 16.5. The normalized spacial score (nSPS) is 21.5. The molecular weight excluding hydrogens is 280 g/mol. The first kappa shape index (κ1) is 16.3. The zero-order valence-corrected chi connectivity index (χ0v) is 13.7. The molecule has 0 saturated heterocycles. The summed E-state index contributed by atoms with van der Waals surface area (Å²) in [6.07, 6.45) is -0.819. The Kier molecular flexibility index (Phi) is 4.40. The summed E-state index contributed by atoms with van der Waals surface area (Å²) >= 11 is 0. The first-order chi connectivity index (χ1) is 10.2. The molecule has 1 aliphatic heterocycles. The van der Waals surface area contributed by atoms with Crippen LogP contribution in [0.3, 0.4) is 0 Å². The van der Waals surface area contributed by atoms with Gasteiger partial charge in [-0.05, 0) is 40.2 Å². The highest BCUT2D eigenvalue weighted by Gasteiger charge is 2.44. The SMILES string of the molecule is CC(=O)C1=C(C)O[C@H](C(=O)OC(C)(C)C)[C@H]1c1ccccc1. The smallest absolute Gasteiger partial charge is 0.348 e. The van der Waals surface area contributed by atoms with E-state index in [2.05, 4.69) is 0 Å². The van der Waals surface area contributed by atoms with Crippen LogP contribution in [0.1, 0.15) is 46.1 Å². The van der Waals surface area contributed by atoms with Gasteiger partial charge in [0.25, 0.3) is 0 Å². The summed E-state index contributed by atoms with van der Waals surface area (Å²) in [4.78, 5) is 24.5. The second-order valence-electron chi connectivity index (χ2n) is 6.49. The van der Waals surface area contributed by atoms with E-state index in [0.29, 0.717) is 11.3 Å². The number of esters is 1. The van der Waals surface area contributed by atoms with E-state index in [1.807, 2.05) is 51.1 Å². The predicted molar refractivity (Wildman–Crippen MR) is 83.3 cm³/mol. The number of hydrogen-bond donors (Lipinski definition) is 0. The minimum Gasteiger partial charge on any atom is -0.482 e. The van der Waals surface area contributed by atoms with E-state index in [-0.39, 0.29) is 5.78 Å². The number of benzene rings is 1. The average molecular weight is 302 g/mol. The molecule has 118 valence electrons. The first-order valence-corrected chi connectivity index (χ1v) is 7.37. The van der Waals surface area contributed by atoms with Crippen LogP contribution < -0.4 is 0 Å². The molecule has 0 aliphatic carbocycles. The molecule has 0 N–H and O–H groups in total. The van der Waals surface area contributed by atoms with Crippen LogP contribution in [-0.4, -0.2) is 23.5 Å². The van der Waals surface area contributed by atoms with Gasteiger partial charge in [0.2, 0.25) is 6.10 Å². The molecule has 0 radical (unpaired) electrons. The third-order valence-electron chi connectivity index (χ3n) is 3.47. The van der Waals surface area contributed by atoms with Gasteiger partial charge in [-0.25, -0.2) is 4.79 Å². The number of carbonyl (C=O) groups excluding carboxylic acids is 2. The Balaban J connectivity index is 2.40. The second kappa shape index (κ2) is 5.95. The van der Waals surface area contributed by atoms with Gasteiger partial charge in [-0.1, -0.05) is 30.3 Å². The summed E-state index contributed by atoms with van der Waals surface area (Å²) in [6.45, 7) is 8.64. The molecular formula is C18H22O4. The fourth-order valence-electron chi connectivity index (χ4n) is 2.71. The van der Waals surface area contributed by atoms with Crippen molar-refractivity contribution in [2.75, 3.05) is 0 Å². The Morgan fingerprint density at radius 1 is 1.14 bits per heavy atom. The van der Waals surface area contributed by atoms with Gasteiger partial charge in [0, 0.05) is 5.57 Å². The van der Waals surface area contributed by atoms with Crippen LogP contribution in [0.5, 0.6) is 0 Å². The molecule has 0 unspecified atom stereocenters. The van der Waals surface area contributed by atoms with Crippen LogP contribution in [-0.2, 0) is 19.1 Å². The quantitative estimate of drug-likeness (QED) is 0.803. The molecule has 4 heteroatoms. The molecule has 1 heterocycles. The van der Waals surface area contributed by atoms with E-state index in [4.69, 9.17) is 9.47 Å². The van der Waals surface area contributed by atoms with Crippen LogP contribution in [0.15, 0.2) is 41.7 Å². The highest BCUT2D eigenvalue weighted by atomic mass is 16.6. The van der Waals surface area contributed by atoms with Crippen molar-refractivity contribution in [2.24, 2.45) is 0 Å². The number of carbonyl (C=O) groups is 2. The van der Waals surface area contributed by atoms with Crippen molar-refractivity contribution in [3.8, 4) is 0 Å². The summed E-state index contributed by atoms with van der Waals surface area (Å²) in [7, 11) is 0. The molecule has 0 saturated carbocycles. The van der Waals surface area contributed by atoms with E-state index >= 15 is 0 Å². The molecule has 2 rings (SSSR count). The van der Waals surface area contributed by atoms with E-state index in [9.17, 15) is 9.59 Å². The number of hydrogen-bond acceptors (Lipinski definition) is 4. The lowest BCUT2D eigenvalue weighted by Crippen LogP contribution is -2.35. The van der Waals surface area contributed by atoms with Crippen molar-refractivity contribution in [3.63, 3.8) is 0 Å². The van der Waals surface area contributed by atoms with Gasteiger partial charge in [-0.2, -0.15) is 0 Å². The lowest BCUT2D eigenvalue weighted by Gasteiger charge is -2.25. The predicted octanol–water partition coefficient (Wildman–Crippen LogP) is 3.37. The Morgan fingerprint density at radius 2 is 1.73 bits per heavy atom. The van der Waals surface area contributed by atoms with E-state index < -0.39 is 23.6 Å². The van der Waals surface area contributed by atoms with Crippen LogP contribution in [0.2, 0.25) is 0 Å². The summed E-state index contributed by atoms with van der Waals surface area (Å²) in [5.41, 5.74) is 0.816. The van der Waals surface area contributed by atoms with Crippen molar-refractivity contribution in [2.45, 2.75) is 52.2 Å². The fraction of sp³-hybridized carbons (Fsp3) is 0.444. The minimum absolute atomic E-state index is 0.0857. The maximum atomic E-state index is 12.5. The number of allylic oxidation sites excluding steroid dienone is 1. The molecule has 4 nitrogen and oxygen atoms in total. The van der Waals surface area contributed by atoms with Gasteiger partial charge >= 0.3 is 5.97 Å². The standard InChI is InChI=1S/C18H22O4/c1-11(19)14-12(2)21-16(17(20)22-18(3,4)5)15(14)13-9-7-6-8-10-13/h6-10,15-16H,1-5H3/t15-,16-/m0/s1. The second-order valence-corrected chi connectivity index (χ2v) is 6.49. The van der Waals surface area contributed by atoms with Crippen LogP contribution in [0.25, 0.3) is 0 Å². The molecule has 1 aromatic rings. The molecule has 1 aromatic carbocycles. The number of ketones is 1. The maximum Gasteiger partial charge on any atom is 0.348 e. The lowest BCUT2D eigenvalue weighted by atomic mass is 9.85. The number of rotatable bonds is 3. The van der Waals surface area contributed by atoms with Crippen molar-refractivity contribution in [1.82, 2.24) is 0 Å². The van der Waals surface area contributed by atoms with Gasteiger partial charge in [0.1, 0.15) is 11.4 Å². The third-order valence-corrected chi connectivity index (χ3v) is 3.47. The van der Waals surface area contributed by atoms with Gasteiger partial charge in [0.05, 0.1) is 5.92 Å². The number of Topliss-reactive ketones (excluding diaryl/α,β-unsaturated/α-hetero) is 1. The van der Waals surface area contributed by atoms with E-state index in [1.54, 1.807) is 6.92 Å². The van der Waals surface area contributed by atoms with Crippen molar-refractivity contribution >= 4 is 11.8 Å². The molecule has 0 aromatic heterocycles. The highest BCUT2D eigenvalue weighted by Crippen LogP contribution is 2.40. The third kappa shape index (κ3) is 3.38. The van der Waals surface area contributed by atoms with Gasteiger partial charge < -0.3 is 9.47 Å². The largest absolute Gasteiger partial charge is 0.482 e. The van der Waals surface area contributed by atoms with Crippen LogP contribution >= 0.6 is 0 Å². The summed E-state index contributed by atoms with van der Waals surface area (Å²) in [5.74, 6) is -0.458. The Bertz CT molecular complexity index is 608. The van der Waals surface area contributed by atoms with Crippen molar-refractivity contribution < 1.29 is 19.1 Å². The Hall–Kier alpha value is -2.10. The van der Waals surface area contributed by atoms with Gasteiger partial charge in [0.15, 0.2) is 5.78 Å². The van der Waals surface area contributed by atoms with Crippen LogP contribution in [0, 0.1) is 0 Å². The molecule has 0 bridgehead atoms. The number of ether oxygens (including phenoxy) is 2. The topological polar surface area (TPSA) is 52.6 Å². The maximum absolute atomic E-state index is 12.5. The first-order valence-electron chi connectivity index (χ1n) is 7.37. The summed E-state index contributed by atoms with van der Waals surface area (Å²) in [5, 5.41) is 0. The zero-order valence-electron chi connectivity index (χ0n) is 13.7. The minimum atomic E-state index is -0.819. The summed E-state index contributed by atoms with van der Waals surface area (Å²) in [6, 6.07) is 9.45. The average Bonchev–Trinajstić information content (AvgIpc) is 2.75. The monoisotopic (exact) mass is 302 g/mol.